The fraction of sp³-hybridized carbons (Fsp3) is 0.333. The second-order valence-electron chi connectivity index (χ2n) is 7.37. The Kier molecular flexibility index (Phi) is 4.33. The number of thiophene rings is 1. The van der Waals surface area contributed by atoms with Crippen molar-refractivity contribution in [2.24, 2.45) is 0 Å². The summed E-state index contributed by atoms with van der Waals surface area (Å²) < 4.78 is 6.18. The predicted molar refractivity (Wildman–Crippen MR) is 107 cm³/mol. The number of benzene rings is 1. The summed E-state index contributed by atoms with van der Waals surface area (Å²) in [6.45, 7) is 1.68. The maximum Gasteiger partial charge on any atom is 0.345 e. The van der Waals surface area contributed by atoms with Gasteiger partial charge in [-0.15, -0.1) is 11.3 Å². The first-order valence-electron chi connectivity index (χ1n) is 9.57. The van der Waals surface area contributed by atoms with Crippen molar-refractivity contribution in [3.63, 3.8) is 0 Å². The van der Waals surface area contributed by atoms with Crippen molar-refractivity contribution in [1.82, 2.24) is 14.9 Å². The van der Waals surface area contributed by atoms with Crippen LogP contribution in [0.5, 0.6) is 0 Å². The molecule has 0 aliphatic carbocycles. The molecule has 5 rings (SSSR count). The van der Waals surface area contributed by atoms with E-state index in [-0.39, 0.29) is 5.91 Å². The molecule has 1 N–H and O–H groups in total. The van der Waals surface area contributed by atoms with E-state index in [0.29, 0.717) is 54.0 Å². The Morgan fingerprint density at radius 3 is 2.76 bits per heavy atom. The van der Waals surface area contributed by atoms with Crippen molar-refractivity contribution < 1.29 is 19.4 Å². The van der Waals surface area contributed by atoms with Gasteiger partial charge in [0, 0.05) is 36.8 Å². The van der Waals surface area contributed by atoms with Crippen LogP contribution in [0.4, 0.5) is 0 Å². The number of carbonyl (C=O) groups is 2. The molecule has 0 radical (unpaired) electrons. The average molecular weight is 409 g/mol. The largest absolute Gasteiger partial charge is 0.477 e. The lowest BCUT2D eigenvalue weighted by atomic mass is 9.82. The zero-order valence-electron chi connectivity index (χ0n) is 15.6. The maximum atomic E-state index is 13.2. The second-order valence-corrected chi connectivity index (χ2v) is 8.50. The summed E-state index contributed by atoms with van der Waals surface area (Å²) in [5, 5.41) is 9.35. The molecule has 29 heavy (non-hydrogen) atoms. The highest BCUT2D eigenvalue weighted by molar-refractivity contribution is 7.14. The number of fused-ring (bicyclic) bond motifs is 3. The molecule has 3 aromatic rings. The lowest BCUT2D eigenvalue weighted by molar-refractivity contribution is -0.0926. The number of likely N-dealkylation sites (tertiary alicyclic amines) is 1. The minimum Gasteiger partial charge on any atom is -0.477 e. The monoisotopic (exact) mass is 409 g/mol. The number of piperidine rings is 1. The minimum atomic E-state index is -0.899. The molecule has 2 aliphatic heterocycles. The normalized spacial score (nSPS) is 18.0. The summed E-state index contributed by atoms with van der Waals surface area (Å²) in [4.78, 5) is 36.5. The van der Waals surface area contributed by atoms with Crippen LogP contribution in [0.25, 0.3) is 11.0 Å². The molecule has 2 aliphatic rings. The van der Waals surface area contributed by atoms with Crippen LogP contribution in [0.2, 0.25) is 0 Å². The van der Waals surface area contributed by atoms with Gasteiger partial charge in [0.15, 0.2) is 0 Å². The van der Waals surface area contributed by atoms with Gasteiger partial charge in [-0.25, -0.2) is 4.79 Å². The molecular weight excluding hydrogens is 390 g/mol. The molecule has 1 amide bonds. The van der Waals surface area contributed by atoms with E-state index in [1.165, 1.54) is 11.3 Å². The van der Waals surface area contributed by atoms with E-state index in [2.05, 4.69) is 9.97 Å². The van der Waals surface area contributed by atoms with Gasteiger partial charge >= 0.3 is 5.97 Å². The number of hydrogen-bond acceptors (Lipinski definition) is 6. The van der Waals surface area contributed by atoms with Crippen LogP contribution in [0.15, 0.2) is 36.7 Å². The number of para-hydroxylation sites is 1. The molecule has 2 aromatic heterocycles. The highest BCUT2D eigenvalue weighted by atomic mass is 32.1. The first-order chi connectivity index (χ1) is 14.1. The van der Waals surface area contributed by atoms with Gasteiger partial charge in [-0.1, -0.05) is 6.07 Å². The summed E-state index contributed by atoms with van der Waals surface area (Å²) in [6, 6.07) is 7.22. The van der Waals surface area contributed by atoms with Crippen LogP contribution in [0.1, 0.15) is 43.3 Å². The van der Waals surface area contributed by atoms with E-state index in [9.17, 15) is 14.7 Å². The number of aromatic nitrogens is 2. The fourth-order valence-electron chi connectivity index (χ4n) is 4.34. The molecule has 1 spiro atoms. The van der Waals surface area contributed by atoms with Crippen LogP contribution in [0.3, 0.4) is 0 Å². The molecule has 1 aromatic carbocycles. The molecule has 0 atom stereocenters. The summed E-state index contributed by atoms with van der Waals surface area (Å²) in [6.07, 6.45) is 5.26. The van der Waals surface area contributed by atoms with E-state index >= 15 is 0 Å². The Morgan fingerprint density at radius 1 is 1.17 bits per heavy atom. The Morgan fingerprint density at radius 2 is 1.97 bits per heavy atom. The van der Waals surface area contributed by atoms with Crippen LogP contribution in [-0.2, 0) is 16.8 Å². The molecule has 4 heterocycles. The van der Waals surface area contributed by atoms with Gasteiger partial charge in [0.1, 0.15) is 10.4 Å². The number of rotatable bonds is 2. The minimum absolute atomic E-state index is 0.0569. The Labute approximate surface area is 171 Å². The third-order valence-corrected chi connectivity index (χ3v) is 6.99. The van der Waals surface area contributed by atoms with Crippen molar-refractivity contribution in [2.45, 2.75) is 24.9 Å². The number of carbonyl (C=O) groups excluding carboxylic acids is 1. The zero-order chi connectivity index (χ0) is 20.0. The van der Waals surface area contributed by atoms with E-state index in [4.69, 9.17) is 4.74 Å². The number of ether oxygens (including phenoxy) is 1. The SMILES string of the molecule is O=C(O)c1cc2c(s1)CCOC21CCN(C(=O)c2cccc3nccnc23)CC1. The molecule has 1 fully saturated rings. The van der Waals surface area contributed by atoms with Gasteiger partial charge in [-0.3, -0.25) is 14.8 Å². The number of aromatic carboxylic acids is 1. The lowest BCUT2D eigenvalue weighted by Gasteiger charge is -2.44. The standard InChI is InChI=1S/C21H19N3O4S/c25-19(13-2-1-3-15-18(13)23-8-7-22-15)24-9-5-21(6-10-24)14-12-17(20(26)27)29-16(14)4-11-28-21/h1-3,7-8,12H,4-6,9-11H2,(H,26,27). The van der Waals surface area contributed by atoms with Gasteiger partial charge in [0.05, 0.1) is 23.3 Å². The van der Waals surface area contributed by atoms with E-state index in [1.807, 2.05) is 17.0 Å². The van der Waals surface area contributed by atoms with Gasteiger partial charge < -0.3 is 14.7 Å². The molecule has 8 heteroatoms. The van der Waals surface area contributed by atoms with E-state index < -0.39 is 11.6 Å². The number of amides is 1. The van der Waals surface area contributed by atoms with Crippen molar-refractivity contribution >= 4 is 34.2 Å². The first kappa shape index (κ1) is 18.2. The zero-order valence-corrected chi connectivity index (χ0v) is 16.4. The number of carboxylic acids is 1. The van der Waals surface area contributed by atoms with Gasteiger partial charge in [-0.05, 0) is 36.6 Å². The topological polar surface area (TPSA) is 92.6 Å². The Bertz CT molecular complexity index is 1110. The Balaban J connectivity index is 1.40. The van der Waals surface area contributed by atoms with Crippen LogP contribution in [0, 0.1) is 0 Å². The van der Waals surface area contributed by atoms with Crippen LogP contribution in [-0.4, -0.2) is 51.5 Å². The van der Waals surface area contributed by atoms with Gasteiger partial charge in [-0.2, -0.15) is 0 Å². The van der Waals surface area contributed by atoms with E-state index in [0.717, 1.165) is 16.9 Å². The molecule has 0 unspecified atom stereocenters. The van der Waals surface area contributed by atoms with E-state index in [1.54, 1.807) is 24.5 Å². The van der Waals surface area contributed by atoms with Crippen molar-refractivity contribution in [3.05, 3.63) is 57.5 Å². The molecule has 7 nitrogen and oxygen atoms in total. The molecule has 0 saturated carbocycles. The van der Waals surface area contributed by atoms with Gasteiger partial charge in [0.25, 0.3) is 5.91 Å². The Hall–Kier alpha value is -2.84. The van der Waals surface area contributed by atoms with Crippen molar-refractivity contribution in [2.75, 3.05) is 19.7 Å². The smallest absolute Gasteiger partial charge is 0.345 e. The van der Waals surface area contributed by atoms with Crippen LogP contribution >= 0.6 is 11.3 Å². The highest BCUT2D eigenvalue weighted by Gasteiger charge is 2.43. The first-order valence-corrected chi connectivity index (χ1v) is 10.4. The quantitative estimate of drug-likeness (QED) is 0.699. The highest BCUT2D eigenvalue weighted by Crippen LogP contribution is 2.44. The fourth-order valence-corrected chi connectivity index (χ4v) is 5.41. The molecule has 0 bridgehead atoms. The molecule has 148 valence electrons. The summed E-state index contributed by atoms with van der Waals surface area (Å²) in [5.41, 5.74) is 2.37. The molecule has 1 saturated heterocycles. The third-order valence-electron chi connectivity index (χ3n) is 5.81. The lowest BCUT2D eigenvalue weighted by Crippen LogP contribution is -2.48. The van der Waals surface area contributed by atoms with Crippen molar-refractivity contribution in [1.29, 1.82) is 0 Å². The number of carboxylic acid groups (broad SMARTS) is 1. The maximum absolute atomic E-state index is 13.2. The summed E-state index contributed by atoms with van der Waals surface area (Å²) in [5.74, 6) is -0.956. The second kappa shape index (κ2) is 6.89. The third kappa shape index (κ3) is 2.99. The van der Waals surface area contributed by atoms with Gasteiger partial charge in [0.2, 0.25) is 0 Å². The number of hydrogen-bond donors (Lipinski definition) is 1. The van der Waals surface area contributed by atoms with Crippen molar-refractivity contribution in [3.8, 4) is 0 Å². The number of nitrogens with zero attached hydrogens (tertiary/aromatic N) is 3. The summed E-state index contributed by atoms with van der Waals surface area (Å²) >= 11 is 1.34. The summed E-state index contributed by atoms with van der Waals surface area (Å²) in [7, 11) is 0. The van der Waals surface area contributed by atoms with Crippen LogP contribution < -0.4 is 0 Å². The predicted octanol–water partition coefficient (Wildman–Crippen LogP) is 3.09. The average Bonchev–Trinajstić information content (AvgIpc) is 3.20. The molecular formula is C21H19N3O4S.